The first-order valence-electron chi connectivity index (χ1n) is 6.37. The van der Waals surface area contributed by atoms with E-state index in [1.807, 2.05) is 28.5 Å². The molecule has 0 N–H and O–H groups in total. The molecule has 0 saturated heterocycles. The summed E-state index contributed by atoms with van der Waals surface area (Å²) in [5.74, 6) is 0.600. The quantitative estimate of drug-likeness (QED) is 0.845. The zero-order chi connectivity index (χ0) is 13.1. The SMILES string of the molecule is O=C(Oc1ccccc1)N(Cc1ccsc1)C1CC1. The minimum absolute atomic E-state index is 0.250. The van der Waals surface area contributed by atoms with Crippen LogP contribution in [0.15, 0.2) is 47.2 Å². The first-order chi connectivity index (χ1) is 9.33. The molecule has 98 valence electrons. The number of hydrogen-bond donors (Lipinski definition) is 0. The number of rotatable bonds is 4. The Labute approximate surface area is 116 Å². The molecule has 0 radical (unpaired) electrons. The molecule has 0 aliphatic heterocycles. The van der Waals surface area contributed by atoms with Crippen LogP contribution in [0.25, 0.3) is 0 Å². The van der Waals surface area contributed by atoms with Crippen molar-refractivity contribution in [2.24, 2.45) is 0 Å². The molecule has 1 amide bonds. The van der Waals surface area contributed by atoms with Crippen molar-refractivity contribution in [3.63, 3.8) is 0 Å². The normalized spacial score (nSPS) is 14.1. The van der Waals surface area contributed by atoms with Gasteiger partial charge < -0.3 is 9.64 Å². The first-order valence-corrected chi connectivity index (χ1v) is 7.32. The van der Waals surface area contributed by atoms with E-state index in [4.69, 9.17) is 4.74 Å². The van der Waals surface area contributed by atoms with Crippen LogP contribution in [0, 0.1) is 0 Å². The number of amides is 1. The van der Waals surface area contributed by atoms with Gasteiger partial charge in [-0.2, -0.15) is 11.3 Å². The Morgan fingerprint density at radius 3 is 2.68 bits per heavy atom. The van der Waals surface area contributed by atoms with E-state index in [0.717, 1.165) is 12.8 Å². The van der Waals surface area contributed by atoms with Crippen molar-refractivity contribution >= 4 is 17.4 Å². The number of para-hydroxylation sites is 1. The van der Waals surface area contributed by atoms with Gasteiger partial charge in [-0.25, -0.2) is 4.79 Å². The molecule has 0 atom stereocenters. The Morgan fingerprint density at radius 1 is 1.26 bits per heavy atom. The molecule has 19 heavy (non-hydrogen) atoms. The van der Waals surface area contributed by atoms with Gasteiger partial charge in [0.1, 0.15) is 5.75 Å². The third-order valence-electron chi connectivity index (χ3n) is 3.10. The monoisotopic (exact) mass is 273 g/mol. The second-order valence-electron chi connectivity index (χ2n) is 4.67. The van der Waals surface area contributed by atoms with Crippen LogP contribution in [0.1, 0.15) is 18.4 Å². The van der Waals surface area contributed by atoms with Crippen molar-refractivity contribution in [1.82, 2.24) is 4.90 Å². The van der Waals surface area contributed by atoms with Crippen LogP contribution in [-0.4, -0.2) is 17.0 Å². The van der Waals surface area contributed by atoms with Crippen LogP contribution in [0.2, 0.25) is 0 Å². The number of ether oxygens (including phenoxy) is 1. The molecule has 0 bridgehead atoms. The molecule has 1 aliphatic carbocycles. The van der Waals surface area contributed by atoms with Gasteiger partial charge in [0, 0.05) is 6.04 Å². The van der Waals surface area contributed by atoms with Gasteiger partial charge in [-0.05, 0) is 47.4 Å². The summed E-state index contributed by atoms with van der Waals surface area (Å²) >= 11 is 1.65. The number of nitrogens with zero attached hydrogens (tertiary/aromatic N) is 1. The van der Waals surface area contributed by atoms with Crippen molar-refractivity contribution in [3.8, 4) is 5.75 Å². The molecule has 1 aliphatic rings. The summed E-state index contributed by atoms with van der Waals surface area (Å²) in [7, 11) is 0. The van der Waals surface area contributed by atoms with E-state index in [1.54, 1.807) is 23.5 Å². The predicted octanol–water partition coefficient (Wildman–Crippen LogP) is 3.91. The second-order valence-corrected chi connectivity index (χ2v) is 5.45. The highest BCUT2D eigenvalue weighted by Crippen LogP contribution is 2.29. The maximum absolute atomic E-state index is 12.2. The molecule has 1 fully saturated rings. The van der Waals surface area contributed by atoms with Crippen molar-refractivity contribution in [3.05, 3.63) is 52.7 Å². The van der Waals surface area contributed by atoms with Gasteiger partial charge in [0.25, 0.3) is 0 Å². The van der Waals surface area contributed by atoms with E-state index in [0.29, 0.717) is 18.3 Å². The fourth-order valence-electron chi connectivity index (χ4n) is 1.96. The molecule has 1 aromatic heterocycles. The molecule has 0 unspecified atom stereocenters. The summed E-state index contributed by atoms with van der Waals surface area (Å²) in [6, 6.07) is 11.6. The average molecular weight is 273 g/mol. The average Bonchev–Trinajstić information content (AvgIpc) is 3.14. The van der Waals surface area contributed by atoms with E-state index >= 15 is 0 Å². The van der Waals surface area contributed by atoms with Crippen molar-refractivity contribution < 1.29 is 9.53 Å². The third kappa shape index (κ3) is 3.15. The Hall–Kier alpha value is -1.81. The summed E-state index contributed by atoms with van der Waals surface area (Å²) in [6.45, 7) is 0.639. The zero-order valence-electron chi connectivity index (χ0n) is 10.5. The van der Waals surface area contributed by atoms with Gasteiger partial charge in [0.05, 0.1) is 6.54 Å². The Balaban J connectivity index is 1.68. The number of carbonyl (C=O) groups is 1. The molecule has 1 heterocycles. The zero-order valence-corrected chi connectivity index (χ0v) is 11.3. The maximum Gasteiger partial charge on any atom is 0.415 e. The third-order valence-corrected chi connectivity index (χ3v) is 3.84. The lowest BCUT2D eigenvalue weighted by Crippen LogP contribution is -2.34. The predicted molar refractivity (Wildman–Crippen MR) is 75.4 cm³/mol. The van der Waals surface area contributed by atoms with Crippen molar-refractivity contribution in [2.75, 3.05) is 0 Å². The Morgan fingerprint density at radius 2 is 2.05 bits per heavy atom. The van der Waals surface area contributed by atoms with Crippen LogP contribution >= 0.6 is 11.3 Å². The smallest absolute Gasteiger partial charge is 0.410 e. The highest BCUT2D eigenvalue weighted by molar-refractivity contribution is 7.07. The standard InChI is InChI=1S/C15H15NO2S/c17-15(18-14-4-2-1-3-5-14)16(13-6-7-13)10-12-8-9-19-11-12/h1-5,8-9,11,13H,6-7,10H2. The van der Waals surface area contributed by atoms with Crippen LogP contribution in [0.3, 0.4) is 0 Å². The van der Waals surface area contributed by atoms with E-state index in [2.05, 4.69) is 11.4 Å². The van der Waals surface area contributed by atoms with E-state index in [-0.39, 0.29) is 6.09 Å². The Bertz CT molecular complexity index is 535. The maximum atomic E-state index is 12.2. The second kappa shape index (κ2) is 5.45. The van der Waals surface area contributed by atoms with Gasteiger partial charge in [-0.1, -0.05) is 18.2 Å². The van der Waals surface area contributed by atoms with Gasteiger partial charge in [-0.15, -0.1) is 0 Å². The molecular formula is C15H15NO2S. The van der Waals surface area contributed by atoms with Crippen LogP contribution < -0.4 is 4.74 Å². The fourth-order valence-corrected chi connectivity index (χ4v) is 2.62. The minimum Gasteiger partial charge on any atom is -0.410 e. The molecule has 2 aromatic rings. The lowest BCUT2D eigenvalue weighted by Gasteiger charge is -2.21. The van der Waals surface area contributed by atoms with Gasteiger partial charge >= 0.3 is 6.09 Å². The minimum atomic E-state index is -0.250. The van der Waals surface area contributed by atoms with Crippen LogP contribution in [0.5, 0.6) is 5.75 Å². The summed E-state index contributed by atoms with van der Waals surface area (Å²) in [4.78, 5) is 14.1. The largest absolute Gasteiger partial charge is 0.415 e. The molecule has 3 nitrogen and oxygen atoms in total. The molecule has 4 heteroatoms. The molecule has 1 aromatic carbocycles. The lowest BCUT2D eigenvalue weighted by molar-refractivity contribution is 0.146. The van der Waals surface area contributed by atoms with Crippen molar-refractivity contribution in [1.29, 1.82) is 0 Å². The number of benzene rings is 1. The number of hydrogen-bond acceptors (Lipinski definition) is 3. The summed E-state index contributed by atoms with van der Waals surface area (Å²) < 4.78 is 5.42. The van der Waals surface area contributed by atoms with E-state index in [1.165, 1.54) is 5.56 Å². The summed E-state index contributed by atoms with van der Waals surface area (Å²) in [6.07, 6.45) is 1.90. The van der Waals surface area contributed by atoms with E-state index in [9.17, 15) is 4.79 Å². The van der Waals surface area contributed by atoms with Gasteiger partial charge in [0.2, 0.25) is 0 Å². The summed E-state index contributed by atoms with van der Waals surface area (Å²) in [5, 5.41) is 4.11. The molecular weight excluding hydrogens is 258 g/mol. The summed E-state index contributed by atoms with van der Waals surface area (Å²) in [5.41, 5.74) is 1.17. The Kier molecular flexibility index (Phi) is 3.51. The van der Waals surface area contributed by atoms with Gasteiger partial charge in [-0.3, -0.25) is 0 Å². The lowest BCUT2D eigenvalue weighted by atomic mass is 10.3. The van der Waals surface area contributed by atoms with Crippen LogP contribution in [-0.2, 0) is 6.54 Å². The first kappa shape index (κ1) is 12.2. The molecule has 1 saturated carbocycles. The number of thiophene rings is 1. The van der Waals surface area contributed by atoms with Crippen LogP contribution in [0.4, 0.5) is 4.79 Å². The fraction of sp³-hybridized carbons (Fsp3) is 0.267. The van der Waals surface area contributed by atoms with Crippen molar-refractivity contribution in [2.45, 2.75) is 25.4 Å². The molecule has 0 spiro atoms. The highest BCUT2D eigenvalue weighted by atomic mass is 32.1. The number of carbonyl (C=O) groups excluding carboxylic acids is 1. The topological polar surface area (TPSA) is 29.5 Å². The molecule has 3 rings (SSSR count). The highest BCUT2D eigenvalue weighted by Gasteiger charge is 2.33. The van der Waals surface area contributed by atoms with E-state index < -0.39 is 0 Å². The van der Waals surface area contributed by atoms with Gasteiger partial charge in [0.15, 0.2) is 0 Å².